The predicted octanol–water partition coefficient (Wildman–Crippen LogP) is 2.57. The molecule has 0 aliphatic carbocycles. The molecular formula is C16H18N2O3S2. The highest BCUT2D eigenvalue weighted by Crippen LogP contribution is 2.25. The van der Waals surface area contributed by atoms with Gasteiger partial charge in [-0.2, -0.15) is 0 Å². The molecule has 2 aromatic rings. The number of amides is 2. The first-order valence-corrected chi connectivity index (χ1v) is 9.07. The number of carbonyl (C=O) groups is 2. The summed E-state index contributed by atoms with van der Waals surface area (Å²) in [6, 6.07) is 9.15. The Balaban J connectivity index is 1.90. The average Bonchev–Trinajstić information content (AvgIpc) is 2.98. The van der Waals surface area contributed by atoms with Crippen molar-refractivity contribution in [2.75, 3.05) is 18.1 Å². The molecule has 2 rings (SSSR count). The predicted molar refractivity (Wildman–Crippen MR) is 93.9 cm³/mol. The fourth-order valence-corrected chi connectivity index (χ4v) is 3.48. The van der Waals surface area contributed by atoms with Gasteiger partial charge in [-0.15, -0.1) is 23.1 Å². The van der Waals surface area contributed by atoms with Gasteiger partial charge in [0, 0.05) is 16.3 Å². The lowest BCUT2D eigenvalue weighted by atomic mass is 10.2. The van der Waals surface area contributed by atoms with Gasteiger partial charge in [0.05, 0.1) is 5.69 Å². The first-order chi connectivity index (χ1) is 11.0. The quantitative estimate of drug-likeness (QED) is 0.572. The first kappa shape index (κ1) is 17.5. The summed E-state index contributed by atoms with van der Waals surface area (Å²) >= 11 is 2.90. The minimum atomic E-state index is -0.815. The summed E-state index contributed by atoms with van der Waals surface area (Å²) < 4.78 is 0. The van der Waals surface area contributed by atoms with E-state index < -0.39 is 17.9 Å². The van der Waals surface area contributed by atoms with Crippen LogP contribution in [0.5, 0.6) is 0 Å². The standard InChI is InChI=1S/C16H18N2O3S2/c1-10-7-8-23-14(10)12(19)9-17-15(20)16(21)18-11-5-3-4-6-13(11)22-2/h3-8,12,19H,9H2,1-2H3,(H,17,20)(H,18,21)/t12-/m1/s1. The summed E-state index contributed by atoms with van der Waals surface area (Å²) in [4.78, 5) is 25.5. The Labute approximate surface area is 143 Å². The second-order valence-corrected chi connectivity index (χ2v) is 6.64. The van der Waals surface area contributed by atoms with Crippen molar-refractivity contribution in [2.24, 2.45) is 0 Å². The number of anilines is 1. The van der Waals surface area contributed by atoms with Gasteiger partial charge in [0.15, 0.2) is 0 Å². The number of aliphatic hydroxyl groups is 1. The van der Waals surface area contributed by atoms with Crippen LogP contribution in [0.3, 0.4) is 0 Å². The Morgan fingerprint density at radius 1 is 1.26 bits per heavy atom. The van der Waals surface area contributed by atoms with Gasteiger partial charge in [-0.3, -0.25) is 9.59 Å². The molecule has 1 atom stereocenters. The maximum atomic E-state index is 11.9. The highest BCUT2D eigenvalue weighted by molar-refractivity contribution is 7.98. The molecule has 0 aliphatic heterocycles. The lowest BCUT2D eigenvalue weighted by Crippen LogP contribution is -2.37. The molecule has 1 aromatic heterocycles. The van der Waals surface area contributed by atoms with Crippen molar-refractivity contribution in [1.82, 2.24) is 5.32 Å². The molecule has 3 N–H and O–H groups in total. The Kier molecular flexibility index (Phi) is 6.20. The largest absolute Gasteiger partial charge is 0.386 e. The Morgan fingerprint density at radius 2 is 2.00 bits per heavy atom. The molecule has 0 spiro atoms. The third-order valence-electron chi connectivity index (χ3n) is 3.22. The third kappa shape index (κ3) is 4.57. The zero-order valence-electron chi connectivity index (χ0n) is 12.8. The van der Waals surface area contributed by atoms with Crippen molar-refractivity contribution >= 4 is 40.6 Å². The lowest BCUT2D eigenvalue weighted by Gasteiger charge is -2.12. The minimum absolute atomic E-state index is 0.00220. The number of thiophene rings is 1. The van der Waals surface area contributed by atoms with E-state index in [2.05, 4.69) is 10.6 Å². The van der Waals surface area contributed by atoms with E-state index in [0.717, 1.165) is 15.3 Å². The summed E-state index contributed by atoms with van der Waals surface area (Å²) in [7, 11) is 0. The van der Waals surface area contributed by atoms with Crippen LogP contribution < -0.4 is 10.6 Å². The van der Waals surface area contributed by atoms with Crippen LogP contribution in [-0.4, -0.2) is 29.7 Å². The number of para-hydroxylation sites is 1. The number of nitrogens with one attached hydrogen (secondary N) is 2. The van der Waals surface area contributed by atoms with Crippen LogP contribution in [0.25, 0.3) is 0 Å². The van der Waals surface area contributed by atoms with Gasteiger partial charge in [-0.1, -0.05) is 12.1 Å². The second-order valence-electron chi connectivity index (χ2n) is 4.85. The molecule has 0 unspecified atom stereocenters. The van der Waals surface area contributed by atoms with E-state index in [0.29, 0.717) is 5.69 Å². The van der Waals surface area contributed by atoms with Gasteiger partial charge < -0.3 is 15.7 Å². The maximum Gasteiger partial charge on any atom is 0.313 e. The summed E-state index contributed by atoms with van der Waals surface area (Å²) in [5, 5.41) is 17.0. The van der Waals surface area contributed by atoms with Crippen LogP contribution in [0.4, 0.5) is 5.69 Å². The molecule has 0 aliphatic rings. The Bertz CT molecular complexity index is 700. The number of hydrogen-bond acceptors (Lipinski definition) is 5. The molecule has 1 heterocycles. The van der Waals surface area contributed by atoms with E-state index in [1.165, 1.54) is 23.1 Å². The van der Waals surface area contributed by atoms with Crippen molar-refractivity contribution in [2.45, 2.75) is 17.9 Å². The Morgan fingerprint density at radius 3 is 2.65 bits per heavy atom. The molecule has 0 saturated carbocycles. The number of rotatable bonds is 5. The molecule has 0 saturated heterocycles. The molecule has 7 heteroatoms. The van der Waals surface area contributed by atoms with Crippen molar-refractivity contribution < 1.29 is 14.7 Å². The van der Waals surface area contributed by atoms with Crippen LogP contribution in [0, 0.1) is 6.92 Å². The van der Waals surface area contributed by atoms with Gasteiger partial charge in [0.2, 0.25) is 0 Å². The normalized spacial score (nSPS) is 11.8. The molecule has 5 nitrogen and oxygen atoms in total. The third-order valence-corrected chi connectivity index (χ3v) is 5.14. The summed E-state index contributed by atoms with van der Waals surface area (Å²) in [6.45, 7) is 1.89. The number of benzene rings is 1. The number of aryl methyl sites for hydroxylation is 1. The molecule has 1 aromatic carbocycles. The molecule has 0 radical (unpaired) electrons. The smallest absolute Gasteiger partial charge is 0.313 e. The van der Waals surface area contributed by atoms with E-state index in [1.807, 2.05) is 36.8 Å². The maximum absolute atomic E-state index is 11.9. The lowest BCUT2D eigenvalue weighted by molar-refractivity contribution is -0.136. The SMILES string of the molecule is CSc1ccccc1NC(=O)C(=O)NC[C@@H](O)c1sccc1C. The van der Waals surface area contributed by atoms with Gasteiger partial charge in [0.25, 0.3) is 0 Å². The van der Waals surface area contributed by atoms with Crippen LogP contribution >= 0.6 is 23.1 Å². The van der Waals surface area contributed by atoms with Gasteiger partial charge in [0.1, 0.15) is 6.10 Å². The topological polar surface area (TPSA) is 78.4 Å². The summed E-state index contributed by atoms with van der Waals surface area (Å²) in [5.74, 6) is -1.52. The molecule has 23 heavy (non-hydrogen) atoms. The molecule has 2 amide bonds. The van der Waals surface area contributed by atoms with E-state index in [4.69, 9.17) is 0 Å². The number of thioether (sulfide) groups is 1. The number of hydrogen-bond donors (Lipinski definition) is 3. The minimum Gasteiger partial charge on any atom is -0.386 e. The summed E-state index contributed by atoms with van der Waals surface area (Å²) in [6.07, 6.45) is 1.08. The average molecular weight is 350 g/mol. The fraction of sp³-hybridized carbons (Fsp3) is 0.250. The van der Waals surface area contributed by atoms with Gasteiger partial charge in [-0.25, -0.2) is 0 Å². The van der Waals surface area contributed by atoms with Gasteiger partial charge in [-0.05, 0) is 42.3 Å². The molecular weight excluding hydrogens is 332 g/mol. The van der Waals surface area contributed by atoms with Crippen molar-refractivity contribution in [3.8, 4) is 0 Å². The van der Waals surface area contributed by atoms with Crippen molar-refractivity contribution in [1.29, 1.82) is 0 Å². The zero-order chi connectivity index (χ0) is 16.8. The van der Waals surface area contributed by atoms with Crippen molar-refractivity contribution in [3.05, 3.63) is 46.2 Å². The summed E-state index contributed by atoms with van der Waals surface area (Å²) in [5.41, 5.74) is 1.56. The first-order valence-electron chi connectivity index (χ1n) is 6.97. The van der Waals surface area contributed by atoms with Gasteiger partial charge >= 0.3 is 11.8 Å². The van der Waals surface area contributed by atoms with E-state index in [1.54, 1.807) is 12.1 Å². The Hall–Kier alpha value is -1.83. The molecule has 0 fully saturated rings. The zero-order valence-corrected chi connectivity index (χ0v) is 14.5. The van der Waals surface area contributed by atoms with E-state index >= 15 is 0 Å². The molecule has 0 bridgehead atoms. The van der Waals surface area contributed by atoms with E-state index in [-0.39, 0.29) is 6.54 Å². The molecule has 122 valence electrons. The monoisotopic (exact) mass is 350 g/mol. The number of aliphatic hydroxyl groups excluding tert-OH is 1. The van der Waals surface area contributed by atoms with Crippen molar-refractivity contribution in [3.63, 3.8) is 0 Å². The van der Waals surface area contributed by atoms with E-state index in [9.17, 15) is 14.7 Å². The highest BCUT2D eigenvalue weighted by atomic mass is 32.2. The van der Waals surface area contributed by atoms with Crippen LogP contribution in [0.1, 0.15) is 16.5 Å². The fourth-order valence-electron chi connectivity index (χ4n) is 2.02. The number of carbonyl (C=O) groups excluding carboxylic acids is 2. The van der Waals surface area contributed by atoms with Crippen LogP contribution in [0.2, 0.25) is 0 Å². The van der Waals surface area contributed by atoms with Crippen LogP contribution in [0.15, 0.2) is 40.6 Å². The van der Waals surface area contributed by atoms with Crippen LogP contribution in [-0.2, 0) is 9.59 Å². The second kappa shape index (κ2) is 8.14. The highest BCUT2D eigenvalue weighted by Gasteiger charge is 2.18.